The van der Waals surface area contributed by atoms with E-state index in [0.717, 1.165) is 35.6 Å². The molecule has 1 rings (SSSR count). The van der Waals surface area contributed by atoms with Crippen molar-refractivity contribution in [3.63, 3.8) is 0 Å². The zero-order valence-corrected chi connectivity index (χ0v) is 13.1. The second-order valence-corrected chi connectivity index (χ2v) is 7.52. The average molecular weight is 257 g/mol. The quantitative estimate of drug-likeness (QED) is 0.766. The number of thioether (sulfide) groups is 1. The van der Waals surface area contributed by atoms with Gasteiger partial charge in [-0.3, -0.25) is 0 Å². The van der Waals surface area contributed by atoms with E-state index in [9.17, 15) is 0 Å². The third-order valence-electron chi connectivity index (χ3n) is 3.86. The van der Waals surface area contributed by atoms with Gasteiger partial charge in [-0.15, -0.1) is 0 Å². The Labute approximate surface area is 113 Å². The molecule has 0 amide bonds. The molecule has 1 fully saturated rings. The van der Waals surface area contributed by atoms with Gasteiger partial charge in [0.2, 0.25) is 0 Å². The van der Waals surface area contributed by atoms with Crippen LogP contribution in [0.25, 0.3) is 0 Å². The summed E-state index contributed by atoms with van der Waals surface area (Å²) in [5.74, 6) is 3.96. The summed E-state index contributed by atoms with van der Waals surface area (Å²) in [5, 5.41) is 4.55. The Morgan fingerprint density at radius 2 is 1.94 bits per heavy atom. The summed E-state index contributed by atoms with van der Waals surface area (Å²) in [5.41, 5.74) is 0. The Morgan fingerprint density at radius 3 is 2.53 bits per heavy atom. The SMILES string of the molecule is CCNC1CC(C)CC(C)C1SCCC(C)C. The number of nitrogens with one attached hydrogen (secondary N) is 1. The number of hydrogen-bond donors (Lipinski definition) is 1. The molecule has 2 heteroatoms. The molecular weight excluding hydrogens is 226 g/mol. The lowest BCUT2D eigenvalue weighted by Crippen LogP contribution is -2.46. The molecule has 102 valence electrons. The van der Waals surface area contributed by atoms with Crippen LogP contribution in [0.4, 0.5) is 0 Å². The lowest BCUT2D eigenvalue weighted by Gasteiger charge is -2.40. The minimum absolute atomic E-state index is 0.746. The molecule has 0 bridgehead atoms. The Kier molecular flexibility index (Phi) is 6.94. The first-order chi connectivity index (χ1) is 8.04. The third kappa shape index (κ3) is 5.21. The van der Waals surface area contributed by atoms with Gasteiger partial charge in [-0.2, -0.15) is 11.8 Å². The van der Waals surface area contributed by atoms with E-state index in [1.165, 1.54) is 25.0 Å². The minimum atomic E-state index is 0.746. The van der Waals surface area contributed by atoms with E-state index >= 15 is 0 Å². The van der Waals surface area contributed by atoms with Crippen LogP contribution in [0.5, 0.6) is 0 Å². The van der Waals surface area contributed by atoms with Crippen LogP contribution in [0.3, 0.4) is 0 Å². The molecule has 0 saturated heterocycles. The van der Waals surface area contributed by atoms with Gasteiger partial charge < -0.3 is 5.32 Å². The summed E-state index contributed by atoms with van der Waals surface area (Å²) in [6, 6.07) is 0.746. The van der Waals surface area contributed by atoms with E-state index in [0.29, 0.717) is 0 Å². The molecule has 0 aromatic rings. The average Bonchev–Trinajstić information content (AvgIpc) is 2.21. The summed E-state index contributed by atoms with van der Waals surface area (Å²) in [6.07, 6.45) is 4.15. The summed E-state index contributed by atoms with van der Waals surface area (Å²) >= 11 is 2.22. The van der Waals surface area contributed by atoms with E-state index in [-0.39, 0.29) is 0 Å². The van der Waals surface area contributed by atoms with Crippen LogP contribution in [-0.4, -0.2) is 23.6 Å². The first-order valence-electron chi connectivity index (χ1n) is 7.39. The molecule has 4 unspecified atom stereocenters. The lowest BCUT2D eigenvalue weighted by atomic mass is 9.80. The van der Waals surface area contributed by atoms with E-state index < -0.39 is 0 Å². The number of rotatable bonds is 6. The van der Waals surface area contributed by atoms with Crippen molar-refractivity contribution >= 4 is 11.8 Å². The fourth-order valence-electron chi connectivity index (χ4n) is 3.01. The number of hydrogen-bond acceptors (Lipinski definition) is 2. The van der Waals surface area contributed by atoms with E-state index in [1.807, 2.05) is 0 Å². The van der Waals surface area contributed by atoms with Crippen molar-refractivity contribution in [2.24, 2.45) is 17.8 Å². The normalized spacial score (nSPS) is 34.2. The lowest BCUT2D eigenvalue weighted by molar-refractivity contribution is 0.251. The highest BCUT2D eigenvalue weighted by molar-refractivity contribution is 7.99. The molecule has 1 nitrogen and oxygen atoms in total. The van der Waals surface area contributed by atoms with E-state index in [4.69, 9.17) is 0 Å². The van der Waals surface area contributed by atoms with Crippen molar-refractivity contribution in [1.29, 1.82) is 0 Å². The van der Waals surface area contributed by atoms with Crippen LogP contribution in [0.15, 0.2) is 0 Å². The van der Waals surface area contributed by atoms with Crippen molar-refractivity contribution in [1.82, 2.24) is 5.32 Å². The largest absolute Gasteiger partial charge is 0.313 e. The van der Waals surface area contributed by atoms with Crippen LogP contribution in [0.2, 0.25) is 0 Å². The van der Waals surface area contributed by atoms with Gasteiger partial charge in [-0.1, -0.05) is 34.6 Å². The van der Waals surface area contributed by atoms with Crippen molar-refractivity contribution < 1.29 is 0 Å². The maximum Gasteiger partial charge on any atom is 0.0226 e. The highest BCUT2D eigenvalue weighted by Crippen LogP contribution is 2.36. The zero-order valence-electron chi connectivity index (χ0n) is 12.3. The van der Waals surface area contributed by atoms with Gasteiger partial charge in [-0.25, -0.2) is 0 Å². The van der Waals surface area contributed by atoms with E-state index in [2.05, 4.69) is 51.7 Å². The van der Waals surface area contributed by atoms with Gasteiger partial charge in [0.25, 0.3) is 0 Å². The minimum Gasteiger partial charge on any atom is -0.313 e. The standard InChI is InChI=1S/C15H31NS/c1-6-16-14-10-12(4)9-13(5)15(14)17-8-7-11(2)3/h11-16H,6-10H2,1-5H3. The van der Waals surface area contributed by atoms with Crippen molar-refractivity contribution in [3.05, 3.63) is 0 Å². The van der Waals surface area contributed by atoms with Crippen molar-refractivity contribution in [2.45, 2.75) is 65.2 Å². The molecule has 1 saturated carbocycles. The fraction of sp³-hybridized carbons (Fsp3) is 1.00. The fourth-order valence-corrected chi connectivity index (χ4v) is 4.77. The predicted molar refractivity (Wildman–Crippen MR) is 80.7 cm³/mol. The molecule has 0 aliphatic heterocycles. The van der Waals surface area contributed by atoms with Crippen molar-refractivity contribution in [2.75, 3.05) is 12.3 Å². The summed E-state index contributed by atoms with van der Waals surface area (Å²) in [4.78, 5) is 0. The highest BCUT2D eigenvalue weighted by Gasteiger charge is 2.33. The summed E-state index contributed by atoms with van der Waals surface area (Å²) in [6.45, 7) is 12.9. The van der Waals surface area contributed by atoms with Crippen LogP contribution in [0, 0.1) is 17.8 Å². The van der Waals surface area contributed by atoms with Gasteiger partial charge in [0.05, 0.1) is 0 Å². The Balaban J connectivity index is 2.45. The summed E-state index contributed by atoms with van der Waals surface area (Å²) < 4.78 is 0. The van der Waals surface area contributed by atoms with E-state index in [1.54, 1.807) is 0 Å². The Morgan fingerprint density at radius 1 is 1.24 bits per heavy atom. The molecule has 0 aromatic heterocycles. The van der Waals surface area contributed by atoms with Crippen LogP contribution in [0.1, 0.15) is 53.9 Å². The first kappa shape index (κ1) is 15.4. The zero-order chi connectivity index (χ0) is 12.8. The molecule has 0 radical (unpaired) electrons. The third-order valence-corrected chi connectivity index (χ3v) is 5.51. The summed E-state index contributed by atoms with van der Waals surface area (Å²) in [7, 11) is 0. The van der Waals surface area contributed by atoms with Gasteiger partial charge in [0, 0.05) is 11.3 Å². The maximum atomic E-state index is 3.71. The highest BCUT2D eigenvalue weighted by atomic mass is 32.2. The molecule has 0 heterocycles. The predicted octanol–water partition coefficient (Wildman–Crippen LogP) is 4.18. The van der Waals surface area contributed by atoms with Gasteiger partial charge >= 0.3 is 0 Å². The van der Waals surface area contributed by atoms with Gasteiger partial charge in [0.1, 0.15) is 0 Å². The van der Waals surface area contributed by atoms with Crippen LogP contribution < -0.4 is 5.32 Å². The molecule has 1 aliphatic carbocycles. The van der Waals surface area contributed by atoms with Crippen LogP contribution >= 0.6 is 11.8 Å². The molecule has 4 atom stereocenters. The Hall–Kier alpha value is 0.310. The second kappa shape index (κ2) is 7.68. The molecule has 1 N–H and O–H groups in total. The maximum absolute atomic E-state index is 3.71. The second-order valence-electron chi connectivity index (χ2n) is 6.24. The van der Waals surface area contributed by atoms with Gasteiger partial charge in [-0.05, 0) is 49.3 Å². The monoisotopic (exact) mass is 257 g/mol. The molecular formula is C15H31NS. The van der Waals surface area contributed by atoms with Crippen molar-refractivity contribution in [3.8, 4) is 0 Å². The first-order valence-corrected chi connectivity index (χ1v) is 8.44. The molecule has 1 aliphatic rings. The smallest absolute Gasteiger partial charge is 0.0226 e. The molecule has 0 aromatic carbocycles. The molecule has 17 heavy (non-hydrogen) atoms. The topological polar surface area (TPSA) is 12.0 Å². The van der Waals surface area contributed by atoms with Crippen LogP contribution in [-0.2, 0) is 0 Å². The molecule has 0 spiro atoms. The Bertz CT molecular complexity index is 205. The van der Waals surface area contributed by atoms with Gasteiger partial charge in [0.15, 0.2) is 0 Å².